The van der Waals surface area contributed by atoms with Crippen LogP contribution in [0.2, 0.25) is 5.02 Å². The number of fused-ring (bicyclic) bond motifs is 1. The molecule has 12 heteroatoms. The molecule has 0 bridgehead atoms. The molecule has 0 atom stereocenters. The van der Waals surface area contributed by atoms with E-state index in [1.165, 1.54) is 0 Å². The number of pyridine rings is 1. The Hall–Kier alpha value is -2.92. The van der Waals surface area contributed by atoms with E-state index < -0.39 is 18.4 Å². The number of carbonyl (C=O) groups is 1. The molecule has 0 aromatic carbocycles. The molecule has 3 aromatic rings. The first kappa shape index (κ1) is 21.3. The fourth-order valence-corrected chi connectivity index (χ4v) is 3.37. The van der Waals surface area contributed by atoms with E-state index in [0.717, 1.165) is 0 Å². The molecule has 4 rings (SSSR count). The van der Waals surface area contributed by atoms with Crippen LogP contribution >= 0.6 is 11.6 Å². The van der Waals surface area contributed by atoms with E-state index in [0.29, 0.717) is 35.1 Å². The smallest absolute Gasteiger partial charge is 0.425 e. The van der Waals surface area contributed by atoms with Crippen LogP contribution in [0.1, 0.15) is 47.5 Å². The largest absolute Gasteiger partial charge is 0.522 e. The number of hydrogen-bond donors (Lipinski definition) is 1. The summed E-state index contributed by atoms with van der Waals surface area (Å²) in [6, 6.07) is 3.37. The first-order valence-electron chi connectivity index (χ1n) is 9.36. The number of ether oxygens (including phenoxy) is 1. The molecule has 0 saturated heterocycles. The molecular weight excluding hydrogens is 439 g/mol. The van der Waals surface area contributed by atoms with Crippen molar-refractivity contribution in [3.8, 4) is 0 Å². The molecule has 164 valence electrons. The van der Waals surface area contributed by atoms with Crippen LogP contribution in [0.15, 0.2) is 41.2 Å². The number of amides is 1. The predicted octanol–water partition coefficient (Wildman–Crippen LogP) is 4.03. The molecule has 31 heavy (non-hydrogen) atoms. The van der Waals surface area contributed by atoms with Crippen molar-refractivity contribution >= 4 is 23.2 Å². The summed E-state index contributed by atoms with van der Waals surface area (Å²) in [6.45, 7) is 3.82. The second kappa shape index (κ2) is 8.31. The standard InChI is InChI=1S/C19H17ClF3N5O3/c1-10(24-17(29)14-9-28-8-12(20)3-4-15(28)25-14)2-5-16-26-27-18(30-16)11-6-13(7-11)31-19(21,22)23/h3-4,8-9,11,13H,1-2,5-7H2,(H,24,29). The Balaban J connectivity index is 1.25. The molecule has 1 amide bonds. The average molecular weight is 456 g/mol. The number of alkyl halides is 3. The fourth-order valence-electron chi connectivity index (χ4n) is 3.20. The number of carbonyl (C=O) groups excluding carboxylic acids is 1. The van der Waals surface area contributed by atoms with Gasteiger partial charge in [-0.15, -0.1) is 23.4 Å². The van der Waals surface area contributed by atoms with Crippen LogP contribution in [-0.2, 0) is 11.2 Å². The Labute approximate surface area is 179 Å². The molecular formula is C19H17ClF3N5O3. The van der Waals surface area contributed by atoms with Crippen molar-refractivity contribution in [3.63, 3.8) is 0 Å². The second-order valence-corrected chi connectivity index (χ2v) is 7.62. The van der Waals surface area contributed by atoms with Crippen molar-refractivity contribution in [1.82, 2.24) is 24.9 Å². The van der Waals surface area contributed by atoms with Gasteiger partial charge in [0.25, 0.3) is 5.91 Å². The van der Waals surface area contributed by atoms with Crippen molar-refractivity contribution < 1.29 is 27.1 Å². The molecule has 1 fully saturated rings. The maximum Gasteiger partial charge on any atom is 0.522 e. The maximum atomic E-state index is 12.4. The van der Waals surface area contributed by atoms with Crippen LogP contribution in [0.3, 0.4) is 0 Å². The number of hydrogen-bond acceptors (Lipinski definition) is 6. The average Bonchev–Trinajstić information content (AvgIpc) is 3.28. The van der Waals surface area contributed by atoms with Gasteiger partial charge < -0.3 is 14.1 Å². The number of nitrogens with zero attached hydrogens (tertiary/aromatic N) is 4. The lowest BCUT2D eigenvalue weighted by Crippen LogP contribution is -2.34. The first-order valence-corrected chi connectivity index (χ1v) is 9.74. The van der Waals surface area contributed by atoms with Gasteiger partial charge in [0.2, 0.25) is 11.8 Å². The summed E-state index contributed by atoms with van der Waals surface area (Å²) in [5.41, 5.74) is 1.23. The highest BCUT2D eigenvalue weighted by Gasteiger charge is 2.42. The quantitative estimate of drug-likeness (QED) is 0.578. The Kier molecular flexibility index (Phi) is 5.71. The minimum atomic E-state index is -4.64. The summed E-state index contributed by atoms with van der Waals surface area (Å²) >= 11 is 5.92. The van der Waals surface area contributed by atoms with Crippen molar-refractivity contribution in [2.75, 3.05) is 0 Å². The van der Waals surface area contributed by atoms with E-state index in [9.17, 15) is 18.0 Å². The van der Waals surface area contributed by atoms with Crippen molar-refractivity contribution in [2.45, 2.75) is 44.1 Å². The van der Waals surface area contributed by atoms with Crippen LogP contribution in [0, 0.1) is 0 Å². The van der Waals surface area contributed by atoms with Crippen LogP contribution in [-0.4, -0.2) is 38.0 Å². The van der Waals surface area contributed by atoms with Gasteiger partial charge in [-0.3, -0.25) is 9.53 Å². The SMILES string of the molecule is C=C(CCc1nnc(C2CC(OC(F)(F)F)C2)o1)NC(=O)c1cn2cc(Cl)ccc2n1. The highest BCUT2D eigenvalue weighted by Crippen LogP contribution is 2.40. The summed E-state index contributed by atoms with van der Waals surface area (Å²) in [5.74, 6) is -0.0655. The zero-order chi connectivity index (χ0) is 22.2. The van der Waals surface area contributed by atoms with Crippen LogP contribution in [0.4, 0.5) is 13.2 Å². The van der Waals surface area contributed by atoms with Gasteiger partial charge in [0.1, 0.15) is 11.3 Å². The second-order valence-electron chi connectivity index (χ2n) is 7.18. The molecule has 1 saturated carbocycles. The Morgan fingerprint density at radius 3 is 2.84 bits per heavy atom. The minimum Gasteiger partial charge on any atom is -0.425 e. The number of halogens is 4. The molecule has 0 spiro atoms. The van der Waals surface area contributed by atoms with Crippen molar-refractivity contribution in [1.29, 1.82) is 0 Å². The number of imidazole rings is 1. The lowest BCUT2D eigenvalue weighted by atomic mass is 9.82. The number of rotatable bonds is 7. The summed E-state index contributed by atoms with van der Waals surface area (Å²) in [6.07, 6.45) is -1.31. The Morgan fingerprint density at radius 2 is 2.10 bits per heavy atom. The number of aryl methyl sites for hydroxylation is 1. The lowest BCUT2D eigenvalue weighted by Gasteiger charge is -2.32. The van der Waals surface area contributed by atoms with Crippen LogP contribution in [0.25, 0.3) is 5.65 Å². The highest BCUT2D eigenvalue weighted by atomic mass is 35.5. The molecule has 1 N–H and O–H groups in total. The van der Waals surface area contributed by atoms with Crippen molar-refractivity contribution in [3.05, 3.63) is 59.3 Å². The third kappa shape index (κ3) is 5.23. The Morgan fingerprint density at radius 1 is 1.32 bits per heavy atom. The van der Waals surface area contributed by atoms with Gasteiger partial charge in [-0.05, 0) is 31.4 Å². The number of aromatic nitrogens is 4. The third-order valence-corrected chi connectivity index (χ3v) is 5.03. The van der Waals surface area contributed by atoms with E-state index in [4.69, 9.17) is 16.0 Å². The number of allylic oxidation sites excluding steroid dienone is 1. The molecule has 1 aliphatic carbocycles. The van der Waals surface area contributed by atoms with Gasteiger partial charge >= 0.3 is 6.36 Å². The highest BCUT2D eigenvalue weighted by molar-refractivity contribution is 6.30. The first-order chi connectivity index (χ1) is 14.7. The fraction of sp³-hybridized carbons (Fsp3) is 0.368. The summed E-state index contributed by atoms with van der Waals surface area (Å²) in [5, 5.41) is 11.0. The van der Waals surface area contributed by atoms with Crippen molar-refractivity contribution in [2.24, 2.45) is 0 Å². The van der Waals surface area contributed by atoms with Gasteiger partial charge in [0.15, 0.2) is 0 Å². The minimum absolute atomic E-state index is 0.175. The van der Waals surface area contributed by atoms with E-state index in [1.54, 1.807) is 28.9 Å². The van der Waals surface area contributed by atoms with E-state index >= 15 is 0 Å². The molecule has 0 aliphatic heterocycles. The third-order valence-electron chi connectivity index (χ3n) is 4.81. The topological polar surface area (TPSA) is 94.5 Å². The van der Waals surface area contributed by atoms with Gasteiger partial charge in [-0.2, -0.15) is 0 Å². The Bertz CT molecular complexity index is 1120. The normalized spacial score (nSPS) is 18.7. The summed E-state index contributed by atoms with van der Waals surface area (Å²) in [4.78, 5) is 16.6. The molecule has 0 unspecified atom stereocenters. The van der Waals surface area contributed by atoms with Gasteiger partial charge in [-0.25, -0.2) is 4.98 Å². The molecule has 1 aliphatic rings. The van der Waals surface area contributed by atoms with Crippen LogP contribution in [0.5, 0.6) is 0 Å². The molecule has 8 nitrogen and oxygen atoms in total. The monoisotopic (exact) mass is 455 g/mol. The lowest BCUT2D eigenvalue weighted by molar-refractivity contribution is -0.352. The summed E-state index contributed by atoms with van der Waals surface area (Å²) in [7, 11) is 0. The van der Waals surface area contributed by atoms with Gasteiger partial charge in [0, 0.05) is 30.4 Å². The van der Waals surface area contributed by atoms with Gasteiger partial charge in [-0.1, -0.05) is 18.2 Å². The zero-order valence-electron chi connectivity index (χ0n) is 16.0. The van der Waals surface area contributed by atoms with Crippen LogP contribution < -0.4 is 5.32 Å². The van der Waals surface area contributed by atoms with E-state index in [-0.39, 0.29) is 30.3 Å². The maximum absolute atomic E-state index is 12.4. The van der Waals surface area contributed by atoms with Gasteiger partial charge in [0.05, 0.1) is 11.1 Å². The van der Waals surface area contributed by atoms with E-state index in [2.05, 4.69) is 31.8 Å². The predicted molar refractivity (Wildman–Crippen MR) is 102 cm³/mol. The number of nitrogens with one attached hydrogen (secondary N) is 1. The molecule has 3 heterocycles. The summed E-state index contributed by atoms with van der Waals surface area (Å²) < 4.78 is 47.7. The molecule has 0 radical (unpaired) electrons. The zero-order valence-corrected chi connectivity index (χ0v) is 16.8. The van der Waals surface area contributed by atoms with E-state index in [1.807, 2.05) is 0 Å². The molecule has 3 aromatic heterocycles.